The van der Waals surface area contributed by atoms with Crippen LogP contribution in [0.3, 0.4) is 0 Å². The average molecular weight is 512 g/mol. The first-order chi connectivity index (χ1) is 13.7. The highest BCUT2D eigenvalue weighted by atomic mass is 127. The molecular weight excluding hydrogens is 479 g/mol. The smallest absolute Gasteiger partial charge is 0.233 e. The SMILES string of the molecule is CN=C(NCc1cccc(N2CC=CC2)c1)NC1CCN(CC(=O)NC)CC1.I. The fourth-order valence-corrected chi connectivity index (χ4v) is 3.64. The summed E-state index contributed by atoms with van der Waals surface area (Å²) in [4.78, 5) is 20.4. The summed E-state index contributed by atoms with van der Waals surface area (Å²) in [6.07, 6.45) is 6.43. The van der Waals surface area contributed by atoms with E-state index in [-0.39, 0.29) is 29.9 Å². The summed E-state index contributed by atoms with van der Waals surface area (Å²) in [6.45, 7) is 5.04. The number of benzene rings is 1. The van der Waals surface area contributed by atoms with Gasteiger partial charge >= 0.3 is 0 Å². The van der Waals surface area contributed by atoms with Crippen molar-refractivity contribution in [2.75, 3.05) is 51.7 Å². The molecule has 160 valence electrons. The number of hydrogen-bond acceptors (Lipinski definition) is 4. The van der Waals surface area contributed by atoms with Gasteiger partial charge in [0.15, 0.2) is 5.96 Å². The number of guanidine groups is 1. The summed E-state index contributed by atoms with van der Waals surface area (Å²) in [5, 5.41) is 9.64. The molecule has 0 saturated carbocycles. The Labute approximate surface area is 191 Å². The molecule has 3 rings (SSSR count). The van der Waals surface area contributed by atoms with Gasteiger partial charge in [-0.2, -0.15) is 0 Å². The quantitative estimate of drug-likeness (QED) is 0.234. The second-order valence-electron chi connectivity index (χ2n) is 7.34. The number of rotatable bonds is 6. The number of likely N-dealkylation sites (tertiary alicyclic amines) is 1. The van der Waals surface area contributed by atoms with Crippen molar-refractivity contribution in [1.82, 2.24) is 20.9 Å². The summed E-state index contributed by atoms with van der Waals surface area (Å²) in [5.74, 6) is 0.911. The summed E-state index contributed by atoms with van der Waals surface area (Å²) < 4.78 is 0. The molecule has 29 heavy (non-hydrogen) atoms. The Bertz CT molecular complexity index is 707. The molecule has 0 unspecified atom stereocenters. The largest absolute Gasteiger partial charge is 0.364 e. The zero-order valence-electron chi connectivity index (χ0n) is 17.4. The van der Waals surface area contributed by atoms with Crippen molar-refractivity contribution < 1.29 is 4.79 Å². The normalized spacial score (nSPS) is 17.7. The molecule has 8 heteroatoms. The molecule has 1 aromatic carbocycles. The van der Waals surface area contributed by atoms with Crippen LogP contribution in [-0.2, 0) is 11.3 Å². The summed E-state index contributed by atoms with van der Waals surface area (Å²) in [6, 6.07) is 9.04. The molecule has 2 heterocycles. The third kappa shape index (κ3) is 7.18. The molecule has 1 fully saturated rings. The first-order valence-corrected chi connectivity index (χ1v) is 10.1. The first kappa shape index (κ1) is 23.5. The molecule has 1 aromatic rings. The van der Waals surface area contributed by atoms with Gasteiger partial charge in [0.1, 0.15) is 0 Å². The molecule has 0 aliphatic carbocycles. The fourth-order valence-electron chi connectivity index (χ4n) is 3.64. The lowest BCUT2D eigenvalue weighted by Crippen LogP contribution is -2.49. The van der Waals surface area contributed by atoms with E-state index in [1.165, 1.54) is 11.3 Å². The van der Waals surface area contributed by atoms with Gasteiger partial charge in [0.25, 0.3) is 0 Å². The van der Waals surface area contributed by atoms with E-state index in [2.05, 4.69) is 67.2 Å². The van der Waals surface area contributed by atoms with Crippen LogP contribution in [0.5, 0.6) is 0 Å². The molecule has 1 amide bonds. The molecule has 3 N–H and O–H groups in total. The number of piperidine rings is 1. The standard InChI is InChI=1S/C21H32N6O.HI/c1-22-20(28)16-26-12-8-18(9-13-26)25-21(23-2)24-15-17-6-5-7-19(14-17)27-10-3-4-11-27;/h3-7,14,18H,8-13,15-16H2,1-2H3,(H,22,28)(H2,23,24,25);1H. The average Bonchev–Trinajstić information content (AvgIpc) is 3.27. The Morgan fingerprint density at radius 1 is 1.21 bits per heavy atom. The number of anilines is 1. The lowest BCUT2D eigenvalue weighted by molar-refractivity contribution is -0.122. The minimum absolute atomic E-state index is 0. The molecule has 1 saturated heterocycles. The van der Waals surface area contributed by atoms with Crippen LogP contribution in [0.1, 0.15) is 18.4 Å². The monoisotopic (exact) mass is 512 g/mol. The predicted molar refractivity (Wildman–Crippen MR) is 130 cm³/mol. The number of nitrogens with zero attached hydrogens (tertiary/aromatic N) is 3. The van der Waals surface area contributed by atoms with Crippen LogP contribution in [0.4, 0.5) is 5.69 Å². The van der Waals surface area contributed by atoms with Crippen LogP contribution in [0.2, 0.25) is 0 Å². The maximum absolute atomic E-state index is 11.5. The second kappa shape index (κ2) is 12.0. The van der Waals surface area contributed by atoms with E-state index in [0.29, 0.717) is 12.6 Å². The Morgan fingerprint density at radius 2 is 1.93 bits per heavy atom. The Morgan fingerprint density at radius 3 is 2.59 bits per heavy atom. The lowest BCUT2D eigenvalue weighted by Gasteiger charge is -2.32. The minimum atomic E-state index is 0. The van der Waals surface area contributed by atoms with Crippen molar-refractivity contribution in [3.05, 3.63) is 42.0 Å². The van der Waals surface area contributed by atoms with Crippen molar-refractivity contribution in [3.8, 4) is 0 Å². The van der Waals surface area contributed by atoms with Gasteiger partial charge in [-0.05, 0) is 30.5 Å². The van der Waals surface area contributed by atoms with Crippen LogP contribution in [-0.4, -0.2) is 69.6 Å². The Hall–Kier alpha value is -1.81. The van der Waals surface area contributed by atoms with E-state index in [9.17, 15) is 4.79 Å². The summed E-state index contributed by atoms with van der Waals surface area (Å²) in [7, 11) is 3.49. The number of likely N-dealkylation sites (N-methyl/N-ethyl adjacent to an activating group) is 1. The number of carbonyl (C=O) groups excluding carboxylic acids is 1. The van der Waals surface area contributed by atoms with Crippen LogP contribution >= 0.6 is 24.0 Å². The highest BCUT2D eigenvalue weighted by Crippen LogP contribution is 2.18. The van der Waals surface area contributed by atoms with Gasteiger partial charge in [0.2, 0.25) is 5.91 Å². The van der Waals surface area contributed by atoms with Crippen LogP contribution in [0.25, 0.3) is 0 Å². The van der Waals surface area contributed by atoms with Crippen LogP contribution in [0.15, 0.2) is 41.4 Å². The van der Waals surface area contributed by atoms with Crippen LogP contribution < -0.4 is 20.9 Å². The van der Waals surface area contributed by atoms with E-state index >= 15 is 0 Å². The van der Waals surface area contributed by atoms with Crippen molar-refractivity contribution in [1.29, 1.82) is 0 Å². The van der Waals surface area contributed by atoms with E-state index in [0.717, 1.165) is 51.5 Å². The Balaban J connectivity index is 0.00000300. The lowest BCUT2D eigenvalue weighted by atomic mass is 10.1. The molecule has 0 spiro atoms. The van der Waals surface area contributed by atoms with Crippen LogP contribution in [0, 0.1) is 0 Å². The first-order valence-electron chi connectivity index (χ1n) is 10.1. The number of amides is 1. The van der Waals surface area contributed by atoms with Gasteiger partial charge in [0, 0.05) is 58.5 Å². The van der Waals surface area contributed by atoms with E-state index in [1.54, 1.807) is 7.05 Å². The van der Waals surface area contributed by atoms with Crippen molar-refractivity contribution in [2.24, 2.45) is 4.99 Å². The van der Waals surface area contributed by atoms with Gasteiger partial charge in [-0.15, -0.1) is 24.0 Å². The zero-order chi connectivity index (χ0) is 19.8. The van der Waals surface area contributed by atoms with E-state index < -0.39 is 0 Å². The third-order valence-electron chi connectivity index (χ3n) is 5.35. The highest BCUT2D eigenvalue weighted by molar-refractivity contribution is 14.0. The minimum Gasteiger partial charge on any atom is -0.364 e. The number of nitrogens with one attached hydrogen (secondary N) is 3. The predicted octanol–water partition coefficient (Wildman–Crippen LogP) is 1.56. The molecule has 0 aromatic heterocycles. The summed E-state index contributed by atoms with van der Waals surface area (Å²) in [5.41, 5.74) is 2.50. The van der Waals surface area contributed by atoms with E-state index in [4.69, 9.17) is 0 Å². The van der Waals surface area contributed by atoms with Gasteiger partial charge in [-0.3, -0.25) is 14.7 Å². The van der Waals surface area contributed by atoms with Gasteiger partial charge < -0.3 is 20.9 Å². The van der Waals surface area contributed by atoms with Crippen molar-refractivity contribution in [3.63, 3.8) is 0 Å². The molecule has 2 aliphatic heterocycles. The maximum atomic E-state index is 11.5. The molecule has 7 nitrogen and oxygen atoms in total. The number of halogens is 1. The number of hydrogen-bond donors (Lipinski definition) is 3. The Kier molecular flexibility index (Phi) is 9.72. The number of aliphatic imine (C=N–C) groups is 1. The van der Waals surface area contributed by atoms with Crippen molar-refractivity contribution in [2.45, 2.75) is 25.4 Å². The molecule has 0 atom stereocenters. The second-order valence-corrected chi connectivity index (χ2v) is 7.34. The van der Waals surface area contributed by atoms with Crippen molar-refractivity contribution >= 4 is 41.5 Å². The summed E-state index contributed by atoms with van der Waals surface area (Å²) >= 11 is 0. The molecule has 0 radical (unpaired) electrons. The van der Waals surface area contributed by atoms with Gasteiger partial charge in [-0.1, -0.05) is 24.3 Å². The molecular formula is C21H33IN6O. The zero-order valence-corrected chi connectivity index (χ0v) is 19.7. The maximum Gasteiger partial charge on any atom is 0.233 e. The fraction of sp³-hybridized carbons (Fsp3) is 0.524. The highest BCUT2D eigenvalue weighted by Gasteiger charge is 2.21. The van der Waals surface area contributed by atoms with Gasteiger partial charge in [0.05, 0.1) is 6.54 Å². The van der Waals surface area contributed by atoms with Gasteiger partial charge in [-0.25, -0.2) is 0 Å². The molecule has 2 aliphatic rings. The van der Waals surface area contributed by atoms with E-state index in [1.807, 2.05) is 7.05 Å². The number of carbonyl (C=O) groups is 1. The topological polar surface area (TPSA) is 72.0 Å². The third-order valence-corrected chi connectivity index (χ3v) is 5.35. The molecule has 0 bridgehead atoms.